The van der Waals surface area contributed by atoms with Gasteiger partial charge in [0.05, 0.1) is 35.8 Å². The van der Waals surface area contributed by atoms with E-state index in [0.29, 0.717) is 24.2 Å². The van der Waals surface area contributed by atoms with Crippen LogP contribution in [0, 0.1) is 24.2 Å². The fourth-order valence-corrected chi connectivity index (χ4v) is 5.41. The topological polar surface area (TPSA) is 91.9 Å². The van der Waals surface area contributed by atoms with Crippen LogP contribution in [0.3, 0.4) is 0 Å². The Labute approximate surface area is 211 Å². The molecule has 0 spiro atoms. The lowest BCUT2D eigenvalue weighted by Crippen LogP contribution is -2.34. The molecule has 2 aromatic rings. The number of carboxylic acids is 1. The summed E-state index contributed by atoms with van der Waals surface area (Å²) in [5.74, 6) is -0.126. The van der Waals surface area contributed by atoms with Crippen molar-refractivity contribution >= 4 is 28.5 Å². The van der Waals surface area contributed by atoms with Crippen molar-refractivity contribution in [1.29, 1.82) is 5.26 Å². The molecular weight excluding hydrogens is 452 g/mol. The zero-order chi connectivity index (χ0) is 25.6. The highest BCUT2D eigenvalue weighted by Gasteiger charge is 2.41. The van der Waals surface area contributed by atoms with Crippen LogP contribution in [0.4, 0.5) is 0 Å². The van der Waals surface area contributed by atoms with E-state index in [9.17, 15) is 15.2 Å². The lowest BCUT2D eigenvalue weighted by Gasteiger charge is -2.39. The average Bonchev–Trinajstić information content (AvgIpc) is 2.87. The van der Waals surface area contributed by atoms with Crippen molar-refractivity contribution in [3.8, 4) is 6.07 Å². The molecule has 1 N–H and O–H groups in total. The monoisotopic (exact) mass is 482 g/mol. The van der Waals surface area contributed by atoms with Crippen LogP contribution in [0.5, 0.6) is 0 Å². The molecule has 5 rings (SSSR count). The highest BCUT2D eigenvalue weighted by molar-refractivity contribution is 6.00. The predicted molar refractivity (Wildman–Crippen MR) is 140 cm³/mol. The number of fused-ring (bicyclic) bond motifs is 1. The number of aliphatic imine (C=N–C) groups is 1. The highest BCUT2D eigenvalue weighted by Crippen LogP contribution is 2.47. The number of allylic oxidation sites excluding steroid dienone is 3. The van der Waals surface area contributed by atoms with Gasteiger partial charge in [-0.1, -0.05) is 30.7 Å². The van der Waals surface area contributed by atoms with Gasteiger partial charge < -0.3 is 14.6 Å². The molecule has 3 atom stereocenters. The van der Waals surface area contributed by atoms with Crippen molar-refractivity contribution in [3.05, 3.63) is 76.1 Å². The summed E-state index contributed by atoms with van der Waals surface area (Å²) < 4.78 is 12.3. The second kappa shape index (κ2) is 9.07. The molecule has 0 amide bonds. The Morgan fingerprint density at radius 3 is 2.83 bits per heavy atom. The molecule has 0 radical (unpaired) electrons. The number of aryl methyl sites for hydroxylation is 1. The number of aliphatic carboxylic acids is 1. The summed E-state index contributed by atoms with van der Waals surface area (Å²) in [6.45, 7) is 8.37. The third-order valence-corrected chi connectivity index (χ3v) is 7.54. The minimum absolute atomic E-state index is 0.00169. The summed E-state index contributed by atoms with van der Waals surface area (Å²) in [7, 11) is 0. The van der Waals surface area contributed by atoms with Crippen LogP contribution in [0.25, 0.3) is 16.3 Å². The first-order valence-electron chi connectivity index (χ1n) is 12.4. The number of nitriles is 1. The molecule has 1 saturated heterocycles. The SMILES string of the molecule is CCC(C)(C)O[C@H](C(=O)O)c1c(C)cc2cc(C#N)ccc2c1C1=CC=C2OCCC3=CC=NC1C32. The first-order valence-corrected chi connectivity index (χ1v) is 12.4. The van der Waals surface area contributed by atoms with Gasteiger partial charge in [-0.2, -0.15) is 5.26 Å². The third kappa shape index (κ3) is 4.04. The van der Waals surface area contributed by atoms with E-state index in [4.69, 9.17) is 14.5 Å². The lowest BCUT2D eigenvalue weighted by atomic mass is 9.74. The van der Waals surface area contributed by atoms with Gasteiger partial charge in [0.2, 0.25) is 0 Å². The van der Waals surface area contributed by atoms with E-state index in [-0.39, 0.29) is 12.0 Å². The van der Waals surface area contributed by atoms with E-state index >= 15 is 0 Å². The summed E-state index contributed by atoms with van der Waals surface area (Å²) in [4.78, 5) is 17.6. The fourth-order valence-electron chi connectivity index (χ4n) is 5.41. The smallest absolute Gasteiger partial charge is 0.337 e. The quantitative estimate of drug-likeness (QED) is 0.541. The minimum Gasteiger partial charge on any atom is -0.497 e. The Hall–Kier alpha value is -3.69. The fraction of sp³-hybridized carbons (Fsp3) is 0.367. The maximum absolute atomic E-state index is 12.7. The van der Waals surface area contributed by atoms with Crippen molar-refractivity contribution < 1.29 is 19.4 Å². The third-order valence-electron chi connectivity index (χ3n) is 7.54. The summed E-state index contributed by atoms with van der Waals surface area (Å²) >= 11 is 0. The maximum atomic E-state index is 12.7. The Kier molecular flexibility index (Phi) is 6.05. The van der Waals surface area contributed by atoms with Crippen LogP contribution >= 0.6 is 0 Å². The van der Waals surface area contributed by atoms with Crippen molar-refractivity contribution in [2.45, 2.75) is 58.3 Å². The second-order valence-electron chi connectivity index (χ2n) is 10.2. The van der Waals surface area contributed by atoms with E-state index in [1.807, 2.05) is 64.3 Å². The first-order chi connectivity index (χ1) is 17.2. The molecule has 1 aliphatic carbocycles. The molecule has 0 saturated carbocycles. The van der Waals surface area contributed by atoms with Crippen molar-refractivity contribution in [2.75, 3.05) is 6.61 Å². The molecular formula is C30H30N2O4. The number of nitrogens with zero attached hydrogens (tertiary/aromatic N) is 2. The standard InChI is InChI=1S/C30H30N2O4/c1-5-30(3,4)36-28(29(33)34)24-17(2)14-20-15-18(16-31)6-7-21(20)26(24)22-8-9-23-25-19(11-13-35-23)10-12-32-27(22)25/h6-10,12,14-15,25,27-28H,5,11,13H2,1-4H3,(H,33,34)/t25?,27?,28-/m0/s1. The van der Waals surface area contributed by atoms with Gasteiger partial charge in [0.1, 0.15) is 5.76 Å². The molecule has 2 aliphatic heterocycles. The van der Waals surface area contributed by atoms with Crippen molar-refractivity contribution in [2.24, 2.45) is 10.9 Å². The Balaban J connectivity index is 1.80. The molecule has 6 nitrogen and oxygen atoms in total. The number of ether oxygens (including phenoxy) is 2. The van der Waals surface area contributed by atoms with Gasteiger partial charge in [-0.05, 0) is 78.9 Å². The minimum atomic E-state index is -1.16. The van der Waals surface area contributed by atoms with Gasteiger partial charge in [-0.3, -0.25) is 4.99 Å². The summed E-state index contributed by atoms with van der Waals surface area (Å²) in [6.07, 6.45) is 8.29. The second-order valence-corrected chi connectivity index (χ2v) is 10.2. The van der Waals surface area contributed by atoms with Gasteiger partial charge in [0.15, 0.2) is 6.10 Å². The number of carboxylic acid groups (broad SMARTS) is 1. The molecule has 2 heterocycles. The molecule has 0 aromatic heterocycles. The number of rotatable bonds is 6. The molecule has 1 fully saturated rings. The Morgan fingerprint density at radius 1 is 1.31 bits per heavy atom. The maximum Gasteiger partial charge on any atom is 0.337 e. The van der Waals surface area contributed by atoms with E-state index in [0.717, 1.165) is 39.7 Å². The molecule has 184 valence electrons. The van der Waals surface area contributed by atoms with E-state index in [1.54, 1.807) is 6.07 Å². The van der Waals surface area contributed by atoms with Gasteiger partial charge in [0, 0.05) is 18.2 Å². The largest absolute Gasteiger partial charge is 0.497 e. The van der Waals surface area contributed by atoms with Crippen LogP contribution < -0.4 is 0 Å². The van der Waals surface area contributed by atoms with Gasteiger partial charge in [-0.25, -0.2) is 4.79 Å². The first kappa shape index (κ1) is 24.0. The van der Waals surface area contributed by atoms with Gasteiger partial charge >= 0.3 is 5.97 Å². The van der Waals surface area contributed by atoms with Crippen molar-refractivity contribution in [3.63, 3.8) is 0 Å². The number of dihydropyridines is 1. The van der Waals surface area contributed by atoms with Crippen molar-refractivity contribution in [1.82, 2.24) is 0 Å². The lowest BCUT2D eigenvalue weighted by molar-refractivity contribution is -0.162. The zero-order valence-corrected chi connectivity index (χ0v) is 21.0. The molecule has 0 bridgehead atoms. The highest BCUT2D eigenvalue weighted by atomic mass is 16.5. The Morgan fingerprint density at radius 2 is 2.11 bits per heavy atom. The molecule has 2 aromatic carbocycles. The van der Waals surface area contributed by atoms with Gasteiger partial charge in [-0.15, -0.1) is 0 Å². The average molecular weight is 483 g/mol. The van der Waals surface area contributed by atoms with Crippen LogP contribution in [0.15, 0.2) is 58.8 Å². The molecule has 6 heteroatoms. The molecule has 36 heavy (non-hydrogen) atoms. The zero-order valence-electron chi connectivity index (χ0n) is 21.0. The number of benzene rings is 2. The van der Waals surface area contributed by atoms with Gasteiger partial charge in [0.25, 0.3) is 0 Å². The van der Waals surface area contributed by atoms with E-state index in [2.05, 4.69) is 12.1 Å². The Bertz CT molecular complexity index is 1420. The van der Waals surface area contributed by atoms with E-state index in [1.165, 1.54) is 5.57 Å². The van der Waals surface area contributed by atoms with Crippen LogP contribution in [-0.4, -0.2) is 35.5 Å². The number of carbonyl (C=O) groups is 1. The van der Waals surface area contributed by atoms with Crippen LogP contribution in [-0.2, 0) is 14.3 Å². The summed E-state index contributed by atoms with van der Waals surface area (Å²) in [5, 5.41) is 21.7. The van der Waals surface area contributed by atoms with E-state index < -0.39 is 17.7 Å². The van der Waals surface area contributed by atoms with Crippen LogP contribution in [0.1, 0.15) is 62.0 Å². The predicted octanol–water partition coefficient (Wildman–Crippen LogP) is 6.05. The molecule has 2 unspecified atom stereocenters. The molecule has 3 aliphatic rings. The summed E-state index contributed by atoms with van der Waals surface area (Å²) in [6, 6.07) is 9.49. The number of hydrogen-bond donors (Lipinski definition) is 1. The van der Waals surface area contributed by atoms with Crippen LogP contribution in [0.2, 0.25) is 0 Å². The number of hydrogen-bond acceptors (Lipinski definition) is 5. The normalized spacial score (nSPS) is 21.5. The summed E-state index contributed by atoms with van der Waals surface area (Å²) in [5.41, 5.74) is 4.40.